The molecule has 4 rings (SSSR count). The largest absolute Gasteiger partial charge is 0.496 e. The van der Waals surface area contributed by atoms with Crippen LogP contribution in [0.3, 0.4) is 0 Å². The third-order valence-electron chi connectivity index (χ3n) is 5.69. The van der Waals surface area contributed by atoms with Gasteiger partial charge < -0.3 is 14.7 Å². The molecule has 7 nitrogen and oxygen atoms in total. The molecule has 0 spiro atoms. The van der Waals surface area contributed by atoms with E-state index in [1.54, 1.807) is 54.7 Å². The van der Waals surface area contributed by atoms with Crippen molar-refractivity contribution in [2.24, 2.45) is 0 Å². The van der Waals surface area contributed by atoms with E-state index >= 15 is 0 Å². The number of carboxylic acids is 1. The quantitative estimate of drug-likeness (QED) is 0.311. The second-order valence-corrected chi connectivity index (χ2v) is 8.30. The van der Waals surface area contributed by atoms with Crippen molar-refractivity contribution < 1.29 is 24.2 Å². The van der Waals surface area contributed by atoms with Gasteiger partial charge in [0.1, 0.15) is 11.4 Å². The molecule has 0 aliphatic heterocycles. The summed E-state index contributed by atoms with van der Waals surface area (Å²) in [6, 6.07) is 21.1. The molecule has 8 heteroatoms. The lowest BCUT2D eigenvalue weighted by Gasteiger charge is -2.19. The minimum Gasteiger partial charge on any atom is -0.496 e. The lowest BCUT2D eigenvalue weighted by Crippen LogP contribution is -2.14. The molecule has 0 fully saturated rings. The van der Waals surface area contributed by atoms with Crippen LogP contribution in [0.4, 0.5) is 11.4 Å². The molecule has 1 N–H and O–H groups in total. The molecular weight excluding hydrogens is 480 g/mol. The van der Waals surface area contributed by atoms with E-state index < -0.39 is 17.5 Å². The van der Waals surface area contributed by atoms with Crippen molar-refractivity contribution in [1.82, 2.24) is 4.98 Å². The van der Waals surface area contributed by atoms with Crippen molar-refractivity contribution >= 4 is 40.5 Å². The zero-order chi connectivity index (χ0) is 25.8. The summed E-state index contributed by atoms with van der Waals surface area (Å²) in [6.07, 6.45) is 1.56. The average Bonchev–Trinajstić information content (AvgIpc) is 2.92. The van der Waals surface area contributed by atoms with Crippen LogP contribution in [0.1, 0.15) is 42.3 Å². The molecule has 1 heterocycles. The van der Waals surface area contributed by atoms with Gasteiger partial charge in [-0.2, -0.15) is 0 Å². The molecule has 1 aromatic heterocycles. The highest BCUT2D eigenvalue weighted by Crippen LogP contribution is 2.26. The van der Waals surface area contributed by atoms with Gasteiger partial charge in [0.15, 0.2) is 5.78 Å². The van der Waals surface area contributed by atoms with Gasteiger partial charge >= 0.3 is 5.97 Å². The van der Waals surface area contributed by atoms with Crippen molar-refractivity contribution in [2.75, 3.05) is 19.1 Å². The number of carbonyl (C=O) groups is 3. The Morgan fingerprint density at radius 2 is 1.53 bits per heavy atom. The minimum atomic E-state index is -1.32. The Kier molecular flexibility index (Phi) is 7.12. The van der Waals surface area contributed by atoms with Crippen LogP contribution in [0, 0.1) is 0 Å². The van der Waals surface area contributed by atoms with Gasteiger partial charge in [0, 0.05) is 28.9 Å². The molecule has 36 heavy (non-hydrogen) atoms. The summed E-state index contributed by atoms with van der Waals surface area (Å²) in [4.78, 5) is 44.3. The third-order valence-corrected chi connectivity index (χ3v) is 5.94. The number of rotatable bonds is 8. The van der Waals surface area contributed by atoms with Gasteiger partial charge in [-0.25, -0.2) is 4.79 Å². The number of ketones is 2. The van der Waals surface area contributed by atoms with Gasteiger partial charge in [-0.15, -0.1) is 0 Å². The first-order valence-electron chi connectivity index (χ1n) is 10.8. The van der Waals surface area contributed by atoms with Crippen LogP contribution >= 0.6 is 11.6 Å². The van der Waals surface area contributed by atoms with Gasteiger partial charge in [0.25, 0.3) is 0 Å². The minimum absolute atomic E-state index is 0.0450. The highest BCUT2D eigenvalue weighted by Gasteiger charge is 2.23. The summed E-state index contributed by atoms with van der Waals surface area (Å²) in [5.41, 5.74) is 1.79. The number of para-hydroxylation sites is 1. The second kappa shape index (κ2) is 10.4. The topological polar surface area (TPSA) is 96.8 Å². The van der Waals surface area contributed by atoms with Crippen LogP contribution in [0.5, 0.6) is 5.75 Å². The van der Waals surface area contributed by atoms with Crippen LogP contribution in [0.15, 0.2) is 85.1 Å². The fourth-order valence-electron chi connectivity index (χ4n) is 3.72. The fraction of sp³-hybridized carbons (Fsp3) is 0.0714. The van der Waals surface area contributed by atoms with Crippen LogP contribution in [-0.2, 0) is 0 Å². The van der Waals surface area contributed by atoms with Crippen LogP contribution < -0.4 is 9.64 Å². The maximum Gasteiger partial charge on any atom is 0.336 e. The number of pyridine rings is 1. The standard InChI is InChI=1S/C28H21ClN2O5/c1-31(19-10-8-18(29)9-11-19)20-12-14-24(30-16-20)26(32)17-7-13-21(23(15-17)28(34)35)27(33)22-5-3-4-6-25(22)36-2/h3-16H,1-2H3,(H,34,35). The van der Waals surface area contributed by atoms with E-state index in [0.717, 1.165) is 11.4 Å². The number of hydrogen-bond donors (Lipinski definition) is 1. The number of aromatic carboxylic acids is 1. The monoisotopic (exact) mass is 500 g/mol. The normalized spacial score (nSPS) is 10.5. The Bertz CT molecular complexity index is 1450. The number of aromatic nitrogens is 1. The van der Waals surface area contributed by atoms with Crippen molar-refractivity contribution in [3.05, 3.63) is 118 Å². The van der Waals surface area contributed by atoms with Crippen LogP contribution in [-0.4, -0.2) is 41.8 Å². The molecule has 0 saturated carbocycles. The summed E-state index contributed by atoms with van der Waals surface area (Å²) >= 11 is 5.95. The molecule has 0 radical (unpaired) electrons. The number of ether oxygens (including phenoxy) is 1. The first kappa shape index (κ1) is 24.6. The maximum absolute atomic E-state index is 13.1. The first-order chi connectivity index (χ1) is 17.3. The molecule has 0 saturated heterocycles. The van der Waals surface area contributed by atoms with Crippen LogP contribution in [0.2, 0.25) is 5.02 Å². The van der Waals surface area contributed by atoms with E-state index in [4.69, 9.17) is 16.3 Å². The number of nitrogens with zero attached hydrogens (tertiary/aromatic N) is 2. The third kappa shape index (κ3) is 4.96. The number of halogens is 1. The summed E-state index contributed by atoms with van der Waals surface area (Å²) < 4.78 is 5.23. The predicted octanol–water partition coefficient (Wildman–Crippen LogP) is 5.67. The Labute approximate surface area is 212 Å². The number of carbonyl (C=O) groups excluding carboxylic acids is 2. The number of methoxy groups -OCH3 is 1. The highest BCUT2D eigenvalue weighted by atomic mass is 35.5. The molecule has 0 aliphatic rings. The summed E-state index contributed by atoms with van der Waals surface area (Å²) in [6.45, 7) is 0. The zero-order valence-electron chi connectivity index (χ0n) is 19.4. The van der Waals surface area contributed by atoms with E-state index in [-0.39, 0.29) is 27.9 Å². The molecular formula is C28H21ClN2O5. The van der Waals surface area contributed by atoms with Crippen molar-refractivity contribution in [3.8, 4) is 5.75 Å². The molecule has 0 bridgehead atoms. The van der Waals surface area contributed by atoms with E-state index in [1.807, 2.05) is 24.1 Å². The smallest absolute Gasteiger partial charge is 0.336 e. The van der Waals surface area contributed by atoms with Gasteiger partial charge in [0.05, 0.1) is 30.1 Å². The number of benzene rings is 3. The Balaban J connectivity index is 1.62. The van der Waals surface area contributed by atoms with Crippen molar-refractivity contribution in [2.45, 2.75) is 0 Å². The lowest BCUT2D eigenvalue weighted by molar-refractivity contribution is 0.0692. The summed E-state index contributed by atoms with van der Waals surface area (Å²) in [7, 11) is 3.29. The fourth-order valence-corrected chi connectivity index (χ4v) is 3.84. The summed E-state index contributed by atoms with van der Waals surface area (Å²) in [5.74, 6) is -1.98. The van der Waals surface area contributed by atoms with Gasteiger partial charge in [-0.1, -0.05) is 29.8 Å². The summed E-state index contributed by atoms with van der Waals surface area (Å²) in [5, 5.41) is 10.4. The SMILES string of the molecule is COc1ccccc1C(=O)c1ccc(C(=O)c2ccc(N(C)c3ccc(Cl)cc3)cn2)cc1C(=O)O. The first-order valence-corrected chi connectivity index (χ1v) is 11.2. The van der Waals surface area contributed by atoms with Crippen molar-refractivity contribution in [1.29, 1.82) is 0 Å². The number of hydrogen-bond acceptors (Lipinski definition) is 6. The molecule has 3 aromatic carbocycles. The van der Waals surface area contributed by atoms with Gasteiger partial charge in [0.2, 0.25) is 5.78 Å². The Hall–Kier alpha value is -4.49. The Morgan fingerprint density at radius 3 is 2.17 bits per heavy atom. The molecule has 0 atom stereocenters. The van der Waals surface area contributed by atoms with Gasteiger partial charge in [-0.05, 0) is 60.7 Å². The van der Waals surface area contributed by atoms with Crippen LogP contribution in [0.25, 0.3) is 0 Å². The average molecular weight is 501 g/mol. The number of carboxylic acid groups (broad SMARTS) is 1. The number of anilines is 2. The van der Waals surface area contributed by atoms with E-state index in [9.17, 15) is 19.5 Å². The Morgan fingerprint density at radius 1 is 0.833 bits per heavy atom. The zero-order valence-corrected chi connectivity index (χ0v) is 20.2. The van der Waals surface area contributed by atoms with Crippen molar-refractivity contribution in [3.63, 3.8) is 0 Å². The van der Waals surface area contributed by atoms with E-state index in [0.29, 0.717) is 10.8 Å². The predicted molar refractivity (Wildman–Crippen MR) is 137 cm³/mol. The van der Waals surface area contributed by atoms with E-state index in [2.05, 4.69) is 4.98 Å². The molecule has 0 aliphatic carbocycles. The highest BCUT2D eigenvalue weighted by molar-refractivity contribution is 6.30. The molecule has 0 unspecified atom stereocenters. The lowest BCUT2D eigenvalue weighted by atomic mass is 9.94. The maximum atomic E-state index is 13.1. The molecule has 180 valence electrons. The van der Waals surface area contributed by atoms with Gasteiger partial charge in [-0.3, -0.25) is 14.6 Å². The molecule has 0 amide bonds. The molecule has 4 aromatic rings. The van der Waals surface area contributed by atoms with E-state index in [1.165, 1.54) is 25.3 Å². The second-order valence-electron chi connectivity index (χ2n) is 7.86.